The minimum atomic E-state index is 0.791. The molecule has 0 amide bonds. The lowest BCUT2D eigenvalue weighted by Crippen LogP contribution is -2.16. The standard InChI is InChI=1S/C14H16ClNOS/c15-14-6-2-1-4-12(14)11-18-9-7-16-10-13-5-3-8-17-13/h1-6,8,16H,7,9-11H2. The molecule has 0 saturated heterocycles. The summed E-state index contributed by atoms with van der Waals surface area (Å²) in [6, 6.07) is 11.9. The number of rotatable bonds is 7. The van der Waals surface area contributed by atoms with Gasteiger partial charge in [0.05, 0.1) is 12.8 Å². The topological polar surface area (TPSA) is 25.2 Å². The second-order valence-electron chi connectivity index (χ2n) is 3.90. The summed E-state index contributed by atoms with van der Waals surface area (Å²) in [6.07, 6.45) is 1.70. The van der Waals surface area contributed by atoms with Crippen LogP contribution in [0.5, 0.6) is 0 Å². The van der Waals surface area contributed by atoms with E-state index < -0.39 is 0 Å². The van der Waals surface area contributed by atoms with Gasteiger partial charge in [-0.25, -0.2) is 0 Å². The normalized spacial score (nSPS) is 10.7. The Kier molecular flexibility index (Phi) is 5.65. The van der Waals surface area contributed by atoms with Crippen molar-refractivity contribution in [2.75, 3.05) is 12.3 Å². The first-order valence-electron chi connectivity index (χ1n) is 5.90. The number of thioether (sulfide) groups is 1. The zero-order valence-electron chi connectivity index (χ0n) is 10.1. The maximum Gasteiger partial charge on any atom is 0.117 e. The molecule has 4 heteroatoms. The highest BCUT2D eigenvalue weighted by Crippen LogP contribution is 2.20. The van der Waals surface area contributed by atoms with Crippen molar-refractivity contribution >= 4 is 23.4 Å². The zero-order valence-corrected chi connectivity index (χ0v) is 11.6. The van der Waals surface area contributed by atoms with Crippen molar-refractivity contribution in [3.63, 3.8) is 0 Å². The molecule has 0 aliphatic heterocycles. The van der Waals surface area contributed by atoms with Gasteiger partial charge in [-0.3, -0.25) is 0 Å². The van der Waals surface area contributed by atoms with Gasteiger partial charge in [0.1, 0.15) is 5.76 Å². The van der Waals surface area contributed by atoms with Crippen molar-refractivity contribution in [2.24, 2.45) is 0 Å². The number of nitrogens with one attached hydrogen (secondary N) is 1. The molecule has 2 nitrogen and oxygen atoms in total. The number of furan rings is 1. The number of benzene rings is 1. The Labute approximate surface area is 117 Å². The Bertz CT molecular complexity index is 459. The molecule has 0 spiro atoms. The molecule has 0 unspecified atom stereocenters. The molecular formula is C14H16ClNOS. The lowest BCUT2D eigenvalue weighted by atomic mass is 10.2. The lowest BCUT2D eigenvalue weighted by molar-refractivity contribution is 0.488. The summed E-state index contributed by atoms with van der Waals surface area (Å²) in [5.74, 6) is 3.00. The fourth-order valence-electron chi connectivity index (χ4n) is 1.57. The monoisotopic (exact) mass is 281 g/mol. The van der Waals surface area contributed by atoms with Crippen LogP contribution < -0.4 is 5.32 Å². The molecule has 1 aromatic heterocycles. The van der Waals surface area contributed by atoms with E-state index in [1.54, 1.807) is 6.26 Å². The molecule has 2 rings (SSSR count). The highest BCUT2D eigenvalue weighted by atomic mass is 35.5. The Hall–Kier alpha value is -0.900. The largest absolute Gasteiger partial charge is 0.468 e. The van der Waals surface area contributed by atoms with Gasteiger partial charge < -0.3 is 9.73 Å². The average Bonchev–Trinajstić information content (AvgIpc) is 2.89. The van der Waals surface area contributed by atoms with E-state index in [0.717, 1.165) is 35.4 Å². The average molecular weight is 282 g/mol. The lowest BCUT2D eigenvalue weighted by Gasteiger charge is -2.05. The highest BCUT2D eigenvalue weighted by Gasteiger charge is 1.99. The molecule has 0 saturated carbocycles. The van der Waals surface area contributed by atoms with Crippen LogP contribution in [0.15, 0.2) is 47.1 Å². The molecule has 0 fully saturated rings. The SMILES string of the molecule is Clc1ccccc1CSCCNCc1ccco1. The minimum absolute atomic E-state index is 0.791. The van der Waals surface area contributed by atoms with Crippen LogP contribution in [0.25, 0.3) is 0 Å². The van der Waals surface area contributed by atoms with Gasteiger partial charge >= 0.3 is 0 Å². The van der Waals surface area contributed by atoms with Gasteiger partial charge in [0, 0.05) is 23.1 Å². The van der Waals surface area contributed by atoms with E-state index in [2.05, 4.69) is 11.4 Å². The fourth-order valence-corrected chi connectivity index (χ4v) is 2.75. The van der Waals surface area contributed by atoms with Gasteiger partial charge in [0.25, 0.3) is 0 Å². The summed E-state index contributed by atoms with van der Waals surface area (Å²) >= 11 is 7.97. The molecule has 1 N–H and O–H groups in total. The molecule has 1 aromatic carbocycles. The van der Waals surface area contributed by atoms with E-state index in [-0.39, 0.29) is 0 Å². The molecule has 96 valence electrons. The maximum atomic E-state index is 6.09. The number of halogens is 1. The zero-order chi connectivity index (χ0) is 12.6. The van der Waals surface area contributed by atoms with Gasteiger partial charge in [-0.15, -0.1) is 0 Å². The Morgan fingerprint density at radius 2 is 2.06 bits per heavy atom. The van der Waals surface area contributed by atoms with Crippen molar-refractivity contribution in [3.8, 4) is 0 Å². The van der Waals surface area contributed by atoms with Crippen molar-refractivity contribution in [3.05, 3.63) is 59.0 Å². The third-order valence-electron chi connectivity index (χ3n) is 2.52. The van der Waals surface area contributed by atoms with Gasteiger partial charge in [-0.2, -0.15) is 11.8 Å². The van der Waals surface area contributed by atoms with Gasteiger partial charge in [0.2, 0.25) is 0 Å². The summed E-state index contributed by atoms with van der Waals surface area (Å²) in [6.45, 7) is 1.76. The first kappa shape index (κ1) is 13.5. The molecule has 0 atom stereocenters. The van der Waals surface area contributed by atoms with Crippen LogP contribution in [-0.4, -0.2) is 12.3 Å². The van der Waals surface area contributed by atoms with Crippen LogP contribution in [-0.2, 0) is 12.3 Å². The van der Waals surface area contributed by atoms with Crippen LogP contribution in [0.2, 0.25) is 5.02 Å². The third-order valence-corrected chi connectivity index (χ3v) is 3.89. The number of hydrogen-bond donors (Lipinski definition) is 1. The van der Waals surface area contributed by atoms with E-state index in [4.69, 9.17) is 16.0 Å². The Morgan fingerprint density at radius 3 is 2.83 bits per heavy atom. The summed E-state index contributed by atoms with van der Waals surface area (Å²) in [4.78, 5) is 0. The van der Waals surface area contributed by atoms with Crippen LogP contribution >= 0.6 is 23.4 Å². The van der Waals surface area contributed by atoms with E-state index in [9.17, 15) is 0 Å². The van der Waals surface area contributed by atoms with Crippen molar-refractivity contribution in [1.82, 2.24) is 5.32 Å². The number of hydrogen-bond acceptors (Lipinski definition) is 3. The van der Waals surface area contributed by atoms with Crippen molar-refractivity contribution < 1.29 is 4.42 Å². The molecule has 1 heterocycles. The van der Waals surface area contributed by atoms with Crippen LogP contribution in [0, 0.1) is 0 Å². The molecule has 0 aliphatic rings. The minimum Gasteiger partial charge on any atom is -0.468 e. The predicted molar refractivity (Wildman–Crippen MR) is 78.0 cm³/mol. The Balaban J connectivity index is 1.58. The first-order chi connectivity index (χ1) is 8.86. The molecule has 18 heavy (non-hydrogen) atoms. The van der Waals surface area contributed by atoms with E-state index in [0.29, 0.717) is 0 Å². The first-order valence-corrected chi connectivity index (χ1v) is 7.44. The van der Waals surface area contributed by atoms with E-state index in [1.165, 1.54) is 5.56 Å². The van der Waals surface area contributed by atoms with Crippen LogP contribution in [0.3, 0.4) is 0 Å². The summed E-state index contributed by atoms with van der Waals surface area (Å²) in [5, 5.41) is 4.20. The second-order valence-corrected chi connectivity index (χ2v) is 5.41. The van der Waals surface area contributed by atoms with Gasteiger partial charge in [-0.1, -0.05) is 29.8 Å². The third kappa shape index (κ3) is 4.41. The van der Waals surface area contributed by atoms with Crippen molar-refractivity contribution in [2.45, 2.75) is 12.3 Å². The highest BCUT2D eigenvalue weighted by molar-refractivity contribution is 7.98. The summed E-state index contributed by atoms with van der Waals surface area (Å²) in [5.41, 5.74) is 1.20. The van der Waals surface area contributed by atoms with Crippen molar-refractivity contribution in [1.29, 1.82) is 0 Å². The van der Waals surface area contributed by atoms with Crippen LogP contribution in [0.1, 0.15) is 11.3 Å². The molecule has 0 radical (unpaired) electrons. The molecule has 0 bridgehead atoms. The fraction of sp³-hybridized carbons (Fsp3) is 0.286. The Morgan fingerprint density at radius 1 is 1.17 bits per heavy atom. The van der Waals surface area contributed by atoms with Crippen LogP contribution in [0.4, 0.5) is 0 Å². The van der Waals surface area contributed by atoms with E-state index in [1.807, 2.05) is 42.1 Å². The summed E-state index contributed by atoms with van der Waals surface area (Å²) < 4.78 is 5.24. The van der Waals surface area contributed by atoms with E-state index >= 15 is 0 Å². The molecule has 2 aromatic rings. The molecular weight excluding hydrogens is 266 g/mol. The molecule has 0 aliphatic carbocycles. The summed E-state index contributed by atoms with van der Waals surface area (Å²) in [7, 11) is 0. The predicted octanol–water partition coefficient (Wildman–Crippen LogP) is 3.96. The second kappa shape index (κ2) is 7.52. The quantitative estimate of drug-likeness (QED) is 0.778. The van der Waals surface area contributed by atoms with Gasteiger partial charge in [0.15, 0.2) is 0 Å². The maximum absolute atomic E-state index is 6.09. The smallest absolute Gasteiger partial charge is 0.117 e. The van der Waals surface area contributed by atoms with Gasteiger partial charge in [-0.05, 0) is 23.8 Å².